The number of rotatable bonds is 8. The summed E-state index contributed by atoms with van der Waals surface area (Å²) in [5.74, 6) is 0.671. The molecule has 0 fully saturated rings. The van der Waals surface area contributed by atoms with Gasteiger partial charge in [0, 0.05) is 36.8 Å². The fraction of sp³-hybridized carbons (Fsp3) is 0.529. The molecule has 152 valence electrons. The zero-order chi connectivity index (χ0) is 19.1. The van der Waals surface area contributed by atoms with E-state index in [0.29, 0.717) is 23.4 Å². The van der Waals surface area contributed by atoms with Crippen LogP contribution < -0.4 is 10.6 Å². The molecule has 0 saturated heterocycles. The average Bonchev–Trinajstić information content (AvgIpc) is 3.21. The highest BCUT2D eigenvalue weighted by atomic mass is 127. The second kappa shape index (κ2) is 11.8. The lowest BCUT2D eigenvalue weighted by Crippen LogP contribution is -2.40. The van der Waals surface area contributed by atoms with E-state index in [1.165, 1.54) is 11.3 Å². The van der Waals surface area contributed by atoms with Crippen LogP contribution in [0.2, 0.25) is 4.34 Å². The van der Waals surface area contributed by atoms with Gasteiger partial charge in [0.05, 0.1) is 23.1 Å². The van der Waals surface area contributed by atoms with Gasteiger partial charge in [0.2, 0.25) is 0 Å². The number of aryl methyl sites for hydroxylation is 1. The topological polar surface area (TPSA) is 77.7 Å². The van der Waals surface area contributed by atoms with Crippen molar-refractivity contribution in [3.63, 3.8) is 0 Å². The van der Waals surface area contributed by atoms with E-state index in [1.54, 1.807) is 10.7 Å². The van der Waals surface area contributed by atoms with Gasteiger partial charge in [-0.2, -0.15) is 5.10 Å². The first kappa shape index (κ1) is 24.2. The van der Waals surface area contributed by atoms with Crippen LogP contribution >= 0.6 is 46.9 Å². The van der Waals surface area contributed by atoms with Crippen LogP contribution in [0.4, 0.5) is 0 Å². The third-order valence-corrected chi connectivity index (χ3v) is 5.22. The molecule has 0 aromatic carbocycles. The van der Waals surface area contributed by atoms with E-state index in [9.17, 15) is 5.11 Å². The Balaban J connectivity index is 0.00000364. The van der Waals surface area contributed by atoms with Crippen LogP contribution in [0.25, 0.3) is 0 Å². The van der Waals surface area contributed by atoms with Gasteiger partial charge in [-0.3, -0.25) is 9.67 Å². The van der Waals surface area contributed by atoms with Gasteiger partial charge in [-0.05, 0) is 33.2 Å². The molecule has 2 rings (SSSR count). The summed E-state index contributed by atoms with van der Waals surface area (Å²) >= 11 is 7.31. The summed E-state index contributed by atoms with van der Waals surface area (Å²) in [6, 6.07) is 3.76. The Bertz CT molecular complexity index is 720. The molecule has 2 aromatic heterocycles. The van der Waals surface area contributed by atoms with Crippen LogP contribution in [-0.4, -0.2) is 59.5 Å². The number of aliphatic hydroxyl groups excluding tert-OH is 1. The quantitative estimate of drug-likeness (QED) is 0.280. The summed E-state index contributed by atoms with van der Waals surface area (Å²) in [6.45, 7) is 3.70. The van der Waals surface area contributed by atoms with Crippen molar-refractivity contribution in [3.8, 4) is 0 Å². The molecular weight excluding hydrogens is 499 g/mol. The van der Waals surface area contributed by atoms with Gasteiger partial charge in [0.1, 0.15) is 6.10 Å². The highest BCUT2D eigenvalue weighted by Gasteiger charge is 2.16. The number of hydrogen-bond donors (Lipinski definition) is 3. The number of likely N-dealkylation sites (N-methyl/N-ethyl adjacent to an activating group) is 1. The molecule has 0 bridgehead atoms. The van der Waals surface area contributed by atoms with Crippen molar-refractivity contribution < 1.29 is 5.11 Å². The maximum absolute atomic E-state index is 10.3. The number of aliphatic hydroxyl groups is 1. The van der Waals surface area contributed by atoms with Gasteiger partial charge in [-0.15, -0.1) is 35.3 Å². The molecule has 0 aliphatic heterocycles. The molecule has 3 N–H and O–H groups in total. The second-order valence-electron chi connectivity index (χ2n) is 6.18. The Morgan fingerprint density at radius 1 is 1.41 bits per heavy atom. The first-order valence-corrected chi connectivity index (χ1v) is 9.70. The SMILES string of the molecule is CCNC(=NCC(c1cnn(C)c1)N(C)C)NCC(O)c1ccc(Cl)s1.I. The van der Waals surface area contributed by atoms with E-state index < -0.39 is 6.10 Å². The van der Waals surface area contributed by atoms with Crippen molar-refractivity contribution in [2.24, 2.45) is 12.0 Å². The van der Waals surface area contributed by atoms with Gasteiger partial charge < -0.3 is 20.6 Å². The third kappa shape index (κ3) is 7.57. The Morgan fingerprint density at radius 3 is 2.67 bits per heavy atom. The zero-order valence-corrected chi connectivity index (χ0v) is 19.9. The first-order chi connectivity index (χ1) is 12.4. The van der Waals surface area contributed by atoms with Crippen molar-refractivity contribution in [2.75, 3.05) is 33.7 Å². The molecular formula is C17H28ClIN6OS. The fourth-order valence-corrected chi connectivity index (χ4v) is 3.55. The maximum Gasteiger partial charge on any atom is 0.191 e. The predicted octanol–water partition coefficient (Wildman–Crippen LogP) is 2.64. The van der Waals surface area contributed by atoms with E-state index in [0.717, 1.165) is 17.0 Å². The number of nitrogens with zero attached hydrogens (tertiary/aromatic N) is 4. The largest absolute Gasteiger partial charge is 0.386 e. The molecule has 7 nitrogen and oxygen atoms in total. The van der Waals surface area contributed by atoms with Crippen LogP contribution in [-0.2, 0) is 7.05 Å². The summed E-state index contributed by atoms with van der Waals surface area (Å²) < 4.78 is 2.46. The highest BCUT2D eigenvalue weighted by molar-refractivity contribution is 14.0. The molecule has 0 amide bonds. The minimum absolute atomic E-state index is 0. The van der Waals surface area contributed by atoms with E-state index in [-0.39, 0.29) is 30.0 Å². The molecule has 0 spiro atoms. The maximum atomic E-state index is 10.3. The van der Waals surface area contributed by atoms with E-state index in [1.807, 2.05) is 46.5 Å². The van der Waals surface area contributed by atoms with E-state index in [2.05, 4.69) is 25.6 Å². The second-order valence-corrected chi connectivity index (χ2v) is 7.93. The van der Waals surface area contributed by atoms with Crippen LogP contribution in [0.1, 0.15) is 29.5 Å². The highest BCUT2D eigenvalue weighted by Crippen LogP contribution is 2.26. The molecule has 0 aliphatic carbocycles. The van der Waals surface area contributed by atoms with Gasteiger partial charge in [0.25, 0.3) is 0 Å². The smallest absolute Gasteiger partial charge is 0.191 e. The summed E-state index contributed by atoms with van der Waals surface area (Å²) in [7, 11) is 5.96. The minimum Gasteiger partial charge on any atom is -0.386 e. The molecule has 2 aromatic rings. The number of aromatic nitrogens is 2. The Kier molecular flexibility index (Phi) is 10.6. The lowest BCUT2D eigenvalue weighted by atomic mass is 10.1. The van der Waals surface area contributed by atoms with Gasteiger partial charge >= 0.3 is 0 Å². The minimum atomic E-state index is -0.626. The number of nitrogens with one attached hydrogen (secondary N) is 2. The molecule has 0 saturated carbocycles. The monoisotopic (exact) mass is 526 g/mol. The van der Waals surface area contributed by atoms with Crippen molar-refractivity contribution >= 4 is 52.9 Å². The van der Waals surface area contributed by atoms with Gasteiger partial charge in [-0.25, -0.2) is 0 Å². The summed E-state index contributed by atoms with van der Waals surface area (Å²) in [6.07, 6.45) is 3.25. The Hall–Kier alpha value is -0.880. The molecule has 0 radical (unpaired) electrons. The van der Waals surface area contributed by atoms with Gasteiger partial charge in [-0.1, -0.05) is 11.6 Å². The lowest BCUT2D eigenvalue weighted by molar-refractivity contribution is 0.184. The van der Waals surface area contributed by atoms with Crippen LogP contribution in [0.5, 0.6) is 0 Å². The van der Waals surface area contributed by atoms with Crippen LogP contribution in [0, 0.1) is 0 Å². The van der Waals surface area contributed by atoms with Crippen molar-refractivity contribution in [2.45, 2.75) is 19.1 Å². The molecule has 2 unspecified atom stereocenters. The number of halogens is 2. The summed E-state index contributed by atoms with van der Waals surface area (Å²) in [4.78, 5) is 7.62. The average molecular weight is 527 g/mol. The summed E-state index contributed by atoms with van der Waals surface area (Å²) in [5.41, 5.74) is 1.12. The van der Waals surface area contributed by atoms with Crippen molar-refractivity contribution in [1.29, 1.82) is 0 Å². The standard InChI is InChI=1S/C17H27ClN6OS.HI/c1-5-19-17(21-10-14(25)15-6-7-16(18)26-15)20-9-13(23(2)3)12-8-22-24(4)11-12;/h6-8,11,13-14,25H,5,9-10H2,1-4H3,(H2,19,20,21);1H. The fourth-order valence-electron chi connectivity index (χ4n) is 2.50. The van der Waals surface area contributed by atoms with Crippen molar-refractivity contribution in [1.82, 2.24) is 25.3 Å². The first-order valence-electron chi connectivity index (χ1n) is 8.51. The number of hydrogen-bond acceptors (Lipinski definition) is 5. The Morgan fingerprint density at radius 2 is 2.15 bits per heavy atom. The molecule has 0 aliphatic rings. The number of thiophene rings is 1. The van der Waals surface area contributed by atoms with Crippen LogP contribution in [0.3, 0.4) is 0 Å². The van der Waals surface area contributed by atoms with E-state index in [4.69, 9.17) is 11.6 Å². The lowest BCUT2D eigenvalue weighted by Gasteiger charge is -2.22. The molecule has 2 heterocycles. The number of guanidine groups is 1. The normalized spacial score (nSPS) is 14.0. The third-order valence-electron chi connectivity index (χ3n) is 3.88. The van der Waals surface area contributed by atoms with Crippen LogP contribution in [0.15, 0.2) is 29.5 Å². The zero-order valence-electron chi connectivity index (χ0n) is 16.0. The molecule has 2 atom stereocenters. The molecule has 27 heavy (non-hydrogen) atoms. The Labute approximate surface area is 186 Å². The predicted molar refractivity (Wildman–Crippen MR) is 123 cm³/mol. The van der Waals surface area contributed by atoms with Crippen molar-refractivity contribution in [3.05, 3.63) is 39.3 Å². The number of aliphatic imine (C=N–C) groups is 1. The summed E-state index contributed by atoms with van der Waals surface area (Å²) in [5, 5.41) is 20.9. The van der Waals surface area contributed by atoms with E-state index >= 15 is 0 Å². The molecule has 10 heteroatoms. The van der Waals surface area contributed by atoms with Gasteiger partial charge in [0.15, 0.2) is 5.96 Å².